The topological polar surface area (TPSA) is 97.1 Å². The van der Waals surface area contributed by atoms with Crippen molar-refractivity contribution in [3.05, 3.63) is 66.4 Å². The van der Waals surface area contributed by atoms with Crippen molar-refractivity contribution in [1.82, 2.24) is 20.1 Å². The first-order valence-corrected chi connectivity index (χ1v) is 9.54. The maximum Gasteiger partial charge on any atom is 0.243 e. The Hall–Kier alpha value is -3.71. The van der Waals surface area contributed by atoms with E-state index in [9.17, 15) is 4.79 Å². The van der Waals surface area contributed by atoms with Crippen LogP contribution in [0.5, 0.6) is 5.75 Å². The van der Waals surface area contributed by atoms with E-state index in [0.717, 1.165) is 39.1 Å². The average molecular weight is 401 g/mol. The molecule has 2 aromatic carbocycles. The second-order valence-electron chi connectivity index (χ2n) is 7.23. The summed E-state index contributed by atoms with van der Waals surface area (Å²) in [6, 6.07) is 16.7. The summed E-state index contributed by atoms with van der Waals surface area (Å²) in [7, 11) is 5.04. The first-order chi connectivity index (χ1) is 14.5. The SMILES string of the molecule is COc1ccccc1-c1[nH]nc2ncc(-c3cccc(C(N)C(=O)N(C)C)c3)cc12. The lowest BCUT2D eigenvalue weighted by Gasteiger charge is -2.17. The van der Waals surface area contributed by atoms with Crippen LogP contribution in [0.3, 0.4) is 0 Å². The number of fused-ring (bicyclic) bond motifs is 1. The Morgan fingerprint density at radius 2 is 1.90 bits per heavy atom. The zero-order valence-corrected chi connectivity index (χ0v) is 17.1. The van der Waals surface area contributed by atoms with Crippen LogP contribution in [0.1, 0.15) is 11.6 Å². The molecule has 1 unspecified atom stereocenters. The van der Waals surface area contributed by atoms with E-state index in [1.807, 2.05) is 54.6 Å². The maximum absolute atomic E-state index is 12.3. The van der Waals surface area contributed by atoms with Crippen LogP contribution in [0.15, 0.2) is 60.8 Å². The normalized spacial score (nSPS) is 12.0. The molecule has 2 aromatic heterocycles. The molecule has 7 heteroatoms. The number of ether oxygens (including phenoxy) is 1. The molecule has 152 valence electrons. The van der Waals surface area contributed by atoms with Gasteiger partial charge in [-0.15, -0.1) is 0 Å². The molecule has 4 aromatic rings. The molecule has 30 heavy (non-hydrogen) atoms. The molecule has 3 N–H and O–H groups in total. The molecule has 0 aliphatic rings. The third-order valence-electron chi connectivity index (χ3n) is 5.07. The number of hydrogen-bond donors (Lipinski definition) is 2. The first-order valence-electron chi connectivity index (χ1n) is 9.54. The number of nitrogens with two attached hydrogens (primary N) is 1. The van der Waals surface area contributed by atoms with Gasteiger partial charge in [-0.3, -0.25) is 9.89 Å². The van der Waals surface area contributed by atoms with E-state index in [2.05, 4.69) is 15.2 Å². The zero-order valence-electron chi connectivity index (χ0n) is 17.1. The molecule has 1 atom stereocenters. The molecular weight excluding hydrogens is 378 g/mol. The summed E-state index contributed by atoms with van der Waals surface area (Å²) in [4.78, 5) is 18.3. The Bertz CT molecular complexity index is 1220. The van der Waals surface area contributed by atoms with Gasteiger partial charge in [0.25, 0.3) is 0 Å². The number of rotatable bonds is 5. The van der Waals surface area contributed by atoms with E-state index in [1.165, 1.54) is 4.90 Å². The number of amides is 1. The molecule has 0 aliphatic heterocycles. The van der Waals surface area contributed by atoms with E-state index >= 15 is 0 Å². The summed E-state index contributed by atoms with van der Waals surface area (Å²) in [5.41, 5.74) is 11.1. The Labute approximate surface area is 174 Å². The van der Waals surface area contributed by atoms with Crippen LogP contribution in [0, 0.1) is 0 Å². The number of carbonyl (C=O) groups excluding carboxylic acids is 1. The average Bonchev–Trinajstić information content (AvgIpc) is 3.21. The van der Waals surface area contributed by atoms with Crippen LogP contribution in [0.4, 0.5) is 0 Å². The summed E-state index contributed by atoms with van der Waals surface area (Å²) >= 11 is 0. The van der Waals surface area contributed by atoms with Crippen LogP contribution in [0.2, 0.25) is 0 Å². The van der Waals surface area contributed by atoms with Crippen molar-refractivity contribution in [3.8, 4) is 28.1 Å². The molecule has 0 bridgehead atoms. The lowest BCUT2D eigenvalue weighted by Crippen LogP contribution is -2.33. The Balaban J connectivity index is 1.78. The highest BCUT2D eigenvalue weighted by Gasteiger charge is 2.18. The number of carbonyl (C=O) groups is 1. The van der Waals surface area contributed by atoms with Gasteiger partial charge in [0.05, 0.1) is 12.8 Å². The van der Waals surface area contributed by atoms with Gasteiger partial charge in [0.1, 0.15) is 11.8 Å². The molecule has 0 radical (unpaired) electrons. The van der Waals surface area contributed by atoms with Gasteiger partial charge in [0.15, 0.2) is 5.65 Å². The highest BCUT2D eigenvalue weighted by molar-refractivity contribution is 5.94. The standard InChI is InChI=1S/C23H23N5O2/c1-28(2)23(29)20(24)15-8-6-7-14(11-15)16-12-18-21(26-27-22(18)25-13-16)17-9-4-5-10-19(17)30-3/h4-13,20H,24H2,1-3H3,(H,25,26,27). The molecule has 0 fully saturated rings. The van der Waals surface area contributed by atoms with Crippen molar-refractivity contribution in [2.24, 2.45) is 5.73 Å². The van der Waals surface area contributed by atoms with E-state index < -0.39 is 6.04 Å². The molecule has 0 aliphatic carbocycles. The maximum atomic E-state index is 12.3. The number of methoxy groups -OCH3 is 1. The molecule has 7 nitrogen and oxygen atoms in total. The van der Waals surface area contributed by atoms with Crippen LogP contribution < -0.4 is 10.5 Å². The van der Waals surface area contributed by atoms with Gasteiger partial charge in [-0.25, -0.2) is 4.98 Å². The number of nitrogens with one attached hydrogen (secondary N) is 1. The highest BCUT2D eigenvalue weighted by Crippen LogP contribution is 2.34. The van der Waals surface area contributed by atoms with Crippen molar-refractivity contribution in [3.63, 3.8) is 0 Å². The largest absolute Gasteiger partial charge is 0.496 e. The second-order valence-corrected chi connectivity index (χ2v) is 7.23. The van der Waals surface area contributed by atoms with Gasteiger partial charge in [0.2, 0.25) is 5.91 Å². The molecule has 2 heterocycles. The van der Waals surface area contributed by atoms with Crippen LogP contribution in [0.25, 0.3) is 33.4 Å². The summed E-state index contributed by atoms with van der Waals surface area (Å²) in [6.07, 6.45) is 1.77. The van der Waals surface area contributed by atoms with Gasteiger partial charge in [-0.2, -0.15) is 5.10 Å². The fourth-order valence-corrected chi connectivity index (χ4v) is 3.45. The van der Waals surface area contributed by atoms with E-state index in [0.29, 0.717) is 5.65 Å². The molecular formula is C23H23N5O2. The van der Waals surface area contributed by atoms with E-state index in [1.54, 1.807) is 27.4 Å². The van der Waals surface area contributed by atoms with Crippen molar-refractivity contribution in [2.45, 2.75) is 6.04 Å². The minimum atomic E-state index is -0.713. The van der Waals surface area contributed by atoms with Gasteiger partial charge in [-0.05, 0) is 35.4 Å². The third kappa shape index (κ3) is 3.51. The fourth-order valence-electron chi connectivity index (χ4n) is 3.45. The van der Waals surface area contributed by atoms with Crippen molar-refractivity contribution < 1.29 is 9.53 Å². The molecule has 0 spiro atoms. The zero-order chi connectivity index (χ0) is 21.3. The fraction of sp³-hybridized carbons (Fsp3) is 0.174. The number of aromatic nitrogens is 3. The minimum absolute atomic E-state index is 0.144. The van der Waals surface area contributed by atoms with Crippen molar-refractivity contribution >= 4 is 16.9 Å². The number of nitrogens with zero attached hydrogens (tertiary/aromatic N) is 3. The van der Waals surface area contributed by atoms with Crippen LogP contribution in [-0.2, 0) is 4.79 Å². The van der Waals surface area contributed by atoms with Crippen molar-refractivity contribution in [2.75, 3.05) is 21.2 Å². The smallest absolute Gasteiger partial charge is 0.243 e. The second kappa shape index (κ2) is 7.96. The van der Waals surface area contributed by atoms with Gasteiger partial charge < -0.3 is 15.4 Å². The quantitative estimate of drug-likeness (QED) is 0.534. The Kier molecular flexibility index (Phi) is 5.20. The summed E-state index contributed by atoms with van der Waals surface area (Å²) in [6.45, 7) is 0. The van der Waals surface area contributed by atoms with Crippen LogP contribution >= 0.6 is 0 Å². The lowest BCUT2D eigenvalue weighted by atomic mass is 9.99. The summed E-state index contributed by atoms with van der Waals surface area (Å²) < 4.78 is 5.50. The lowest BCUT2D eigenvalue weighted by molar-refractivity contribution is -0.130. The monoisotopic (exact) mass is 401 g/mol. The number of hydrogen-bond acceptors (Lipinski definition) is 5. The number of para-hydroxylation sites is 1. The number of likely N-dealkylation sites (N-methyl/N-ethyl adjacent to an activating group) is 1. The van der Waals surface area contributed by atoms with Crippen molar-refractivity contribution in [1.29, 1.82) is 0 Å². The minimum Gasteiger partial charge on any atom is -0.496 e. The summed E-state index contributed by atoms with van der Waals surface area (Å²) in [5.74, 6) is 0.609. The Morgan fingerprint density at radius 1 is 1.10 bits per heavy atom. The molecule has 4 rings (SSSR count). The van der Waals surface area contributed by atoms with Crippen LogP contribution in [-0.4, -0.2) is 47.2 Å². The predicted molar refractivity (Wildman–Crippen MR) is 117 cm³/mol. The number of aromatic amines is 1. The Morgan fingerprint density at radius 3 is 2.67 bits per heavy atom. The van der Waals surface area contributed by atoms with E-state index in [4.69, 9.17) is 10.5 Å². The van der Waals surface area contributed by atoms with Gasteiger partial charge in [-0.1, -0.05) is 30.3 Å². The van der Waals surface area contributed by atoms with E-state index in [-0.39, 0.29) is 5.91 Å². The highest BCUT2D eigenvalue weighted by atomic mass is 16.5. The van der Waals surface area contributed by atoms with Gasteiger partial charge in [0, 0.05) is 36.8 Å². The number of benzene rings is 2. The molecule has 0 saturated carbocycles. The third-order valence-corrected chi connectivity index (χ3v) is 5.07. The number of H-pyrrole nitrogens is 1. The first kappa shape index (κ1) is 19.6. The molecule has 0 saturated heterocycles. The molecule has 1 amide bonds. The number of pyridine rings is 1. The predicted octanol–water partition coefficient (Wildman–Crippen LogP) is 3.39. The van der Waals surface area contributed by atoms with Gasteiger partial charge >= 0.3 is 0 Å². The summed E-state index contributed by atoms with van der Waals surface area (Å²) in [5, 5.41) is 8.29.